The Labute approximate surface area is 89.8 Å². The van der Waals surface area contributed by atoms with Gasteiger partial charge in [0.15, 0.2) is 0 Å². The van der Waals surface area contributed by atoms with Crippen molar-refractivity contribution in [3.63, 3.8) is 0 Å². The van der Waals surface area contributed by atoms with Gasteiger partial charge in [0.25, 0.3) is 5.69 Å². The number of hydrogen-bond donors (Lipinski definition) is 2. The molecule has 16 heavy (non-hydrogen) atoms. The molecule has 1 aromatic rings. The van der Waals surface area contributed by atoms with E-state index in [4.69, 9.17) is 5.11 Å². The quantitative estimate of drug-likeness (QED) is 0.593. The lowest BCUT2D eigenvalue weighted by Crippen LogP contribution is -2.08. The number of nitro groups is 1. The van der Waals surface area contributed by atoms with Crippen LogP contribution in [0.5, 0.6) is 0 Å². The van der Waals surface area contributed by atoms with E-state index in [1.165, 1.54) is 13.0 Å². The highest BCUT2D eigenvalue weighted by atomic mass is 16.6. The molecule has 7 heteroatoms. The van der Waals surface area contributed by atoms with Crippen molar-refractivity contribution >= 4 is 23.3 Å². The van der Waals surface area contributed by atoms with Gasteiger partial charge in [-0.3, -0.25) is 14.9 Å². The van der Waals surface area contributed by atoms with Gasteiger partial charge in [0, 0.05) is 18.7 Å². The fourth-order valence-corrected chi connectivity index (χ4v) is 1.15. The number of carboxylic acid groups (broad SMARTS) is 1. The number of amides is 1. The zero-order chi connectivity index (χ0) is 12.3. The van der Waals surface area contributed by atoms with Gasteiger partial charge in [0.05, 0.1) is 4.92 Å². The number of nitrogens with one attached hydrogen (secondary N) is 1. The van der Waals surface area contributed by atoms with Crippen molar-refractivity contribution in [3.8, 4) is 0 Å². The Bertz CT molecular complexity index is 469. The molecule has 0 saturated heterocycles. The maximum absolute atomic E-state index is 10.7. The highest BCUT2D eigenvalue weighted by molar-refractivity contribution is 5.96. The molecule has 0 spiro atoms. The molecule has 0 bridgehead atoms. The van der Waals surface area contributed by atoms with Crippen LogP contribution in [0.25, 0.3) is 0 Å². The van der Waals surface area contributed by atoms with E-state index < -0.39 is 22.1 Å². The van der Waals surface area contributed by atoms with E-state index in [1.54, 1.807) is 0 Å². The van der Waals surface area contributed by atoms with Crippen LogP contribution in [0.15, 0.2) is 18.2 Å². The Morgan fingerprint density at radius 2 is 2.06 bits per heavy atom. The molecule has 0 aliphatic carbocycles. The van der Waals surface area contributed by atoms with Gasteiger partial charge >= 0.3 is 5.97 Å². The average Bonchev–Trinajstić information content (AvgIpc) is 2.16. The summed E-state index contributed by atoms with van der Waals surface area (Å²) in [5.74, 6) is -1.80. The van der Waals surface area contributed by atoms with E-state index in [-0.39, 0.29) is 11.6 Å². The Morgan fingerprint density at radius 3 is 2.50 bits per heavy atom. The van der Waals surface area contributed by atoms with Crippen molar-refractivity contribution in [2.24, 2.45) is 0 Å². The predicted molar refractivity (Wildman–Crippen MR) is 54.4 cm³/mol. The van der Waals surface area contributed by atoms with Gasteiger partial charge in [-0.2, -0.15) is 0 Å². The van der Waals surface area contributed by atoms with Crippen molar-refractivity contribution in [1.29, 1.82) is 0 Å². The first-order chi connectivity index (χ1) is 7.41. The monoisotopic (exact) mass is 224 g/mol. The number of aromatic carboxylic acids is 1. The Kier molecular flexibility index (Phi) is 3.19. The van der Waals surface area contributed by atoms with E-state index in [9.17, 15) is 19.7 Å². The molecule has 1 rings (SSSR count). The fourth-order valence-electron chi connectivity index (χ4n) is 1.15. The van der Waals surface area contributed by atoms with Crippen LogP contribution in [-0.4, -0.2) is 21.9 Å². The molecule has 0 unspecified atom stereocenters. The summed E-state index contributed by atoms with van der Waals surface area (Å²) in [6, 6.07) is 3.35. The number of nitrogens with zero attached hydrogens (tertiary/aromatic N) is 1. The van der Waals surface area contributed by atoms with Crippen LogP contribution in [0.2, 0.25) is 0 Å². The summed E-state index contributed by atoms with van der Waals surface area (Å²) in [5, 5.41) is 21.6. The Morgan fingerprint density at radius 1 is 1.44 bits per heavy atom. The second kappa shape index (κ2) is 4.39. The highest BCUT2D eigenvalue weighted by Gasteiger charge is 2.19. The summed E-state index contributed by atoms with van der Waals surface area (Å²) in [4.78, 5) is 31.2. The second-order valence-corrected chi connectivity index (χ2v) is 2.98. The lowest BCUT2D eigenvalue weighted by atomic mass is 10.1. The lowest BCUT2D eigenvalue weighted by molar-refractivity contribution is -0.385. The van der Waals surface area contributed by atoms with Gasteiger partial charge < -0.3 is 10.4 Å². The molecule has 0 aliphatic rings. The summed E-state index contributed by atoms with van der Waals surface area (Å²) >= 11 is 0. The van der Waals surface area contributed by atoms with Crippen molar-refractivity contribution in [1.82, 2.24) is 0 Å². The molecule has 0 saturated carbocycles. The normalized spacial score (nSPS) is 9.56. The number of carbonyl (C=O) groups is 2. The first-order valence-corrected chi connectivity index (χ1v) is 4.21. The van der Waals surface area contributed by atoms with Gasteiger partial charge in [-0.1, -0.05) is 0 Å². The van der Waals surface area contributed by atoms with Crippen LogP contribution in [-0.2, 0) is 4.79 Å². The highest BCUT2D eigenvalue weighted by Crippen LogP contribution is 2.22. The van der Waals surface area contributed by atoms with E-state index >= 15 is 0 Å². The molecule has 0 fully saturated rings. The van der Waals surface area contributed by atoms with Crippen LogP contribution in [0.1, 0.15) is 17.3 Å². The third kappa shape index (κ3) is 2.53. The van der Waals surface area contributed by atoms with Crippen LogP contribution in [0.3, 0.4) is 0 Å². The first-order valence-electron chi connectivity index (χ1n) is 4.21. The van der Waals surface area contributed by atoms with E-state index in [0.717, 1.165) is 12.1 Å². The minimum Gasteiger partial charge on any atom is -0.477 e. The predicted octanol–water partition coefficient (Wildman–Crippen LogP) is 1.25. The zero-order valence-electron chi connectivity index (χ0n) is 8.26. The average molecular weight is 224 g/mol. The van der Waals surface area contributed by atoms with Crippen molar-refractivity contribution in [3.05, 3.63) is 33.9 Å². The standard InChI is InChI=1S/C9H8N2O5/c1-5(12)10-6-2-3-8(11(15)16)7(4-6)9(13)14/h2-4H,1H3,(H,10,12)(H,13,14). The molecule has 0 radical (unpaired) electrons. The van der Waals surface area contributed by atoms with Gasteiger partial charge in [0.2, 0.25) is 5.91 Å². The van der Waals surface area contributed by atoms with Crippen LogP contribution in [0, 0.1) is 10.1 Å². The van der Waals surface area contributed by atoms with Crippen LogP contribution >= 0.6 is 0 Å². The summed E-state index contributed by atoms with van der Waals surface area (Å²) in [6.45, 7) is 1.25. The van der Waals surface area contributed by atoms with E-state index in [2.05, 4.69) is 5.32 Å². The summed E-state index contributed by atoms with van der Waals surface area (Å²) < 4.78 is 0. The number of hydrogen-bond acceptors (Lipinski definition) is 4. The second-order valence-electron chi connectivity index (χ2n) is 2.98. The number of carboxylic acids is 1. The first kappa shape index (κ1) is 11.6. The maximum atomic E-state index is 10.7. The van der Waals surface area contributed by atoms with Gasteiger partial charge in [-0.25, -0.2) is 4.79 Å². The minimum atomic E-state index is -1.42. The molecule has 0 atom stereocenters. The number of nitro benzene ring substituents is 1. The summed E-state index contributed by atoms with van der Waals surface area (Å²) in [7, 11) is 0. The Hall–Kier alpha value is -2.44. The molecule has 1 aromatic carbocycles. The molecular weight excluding hydrogens is 216 g/mol. The third-order valence-electron chi connectivity index (χ3n) is 1.74. The minimum absolute atomic E-state index is 0.204. The number of anilines is 1. The summed E-state index contributed by atoms with van der Waals surface area (Å²) in [5.41, 5.74) is -0.770. The van der Waals surface area contributed by atoms with Crippen LogP contribution < -0.4 is 5.32 Å². The lowest BCUT2D eigenvalue weighted by Gasteiger charge is -2.03. The topological polar surface area (TPSA) is 110 Å². The van der Waals surface area contributed by atoms with Gasteiger partial charge in [-0.15, -0.1) is 0 Å². The molecular formula is C9H8N2O5. The Balaban J connectivity index is 3.22. The zero-order valence-corrected chi connectivity index (χ0v) is 8.26. The largest absolute Gasteiger partial charge is 0.477 e. The third-order valence-corrected chi connectivity index (χ3v) is 1.74. The molecule has 84 valence electrons. The smallest absolute Gasteiger partial charge is 0.342 e. The molecule has 0 aliphatic heterocycles. The van der Waals surface area contributed by atoms with E-state index in [1.807, 2.05) is 0 Å². The van der Waals surface area contributed by atoms with Crippen molar-refractivity contribution < 1.29 is 19.6 Å². The number of benzene rings is 1. The van der Waals surface area contributed by atoms with Crippen LogP contribution in [0.4, 0.5) is 11.4 Å². The van der Waals surface area contributed by atoms with Gasteiger partial charge in [-0.05, 0) is 12.1 Å². The fraction of sp³-hybridized carbons (Fsp3) is 0.111. The van der Waals surface area contributed by atoms with Crippen molar-refractivity contribution in [2.45, 2.75) is 6.92 Å². The number of rotatable bonds is 3. The number of carbonyl (C=O) groups excluding carboxylic acids is 1. The molecule has 0 aromatic heterocycles. The molecule has 7 nitrogen and oxygen atoms in total. The van der Waals surface area contributed by atoms with Crippen molar-refractivity contribution in [2.75, 3.05) is 5.32 Å². The van der Waals surface area contributed by atoms with E-state index in [0.29, 0.717) is 0 Å². The SMILES string of the molecule is CC(=O)Nc1ccc([N+](=O)[O-])c(C(=O)O)c1. The molecule has 0 heterocycles. The van der Waals surface area contributed by atoms with Gasteiger partial charge in [0.1, 0.15) is 5.56 Å². The molecule has 1 amide bonds. The summed E-state index contributed by atoms with van der Waals surface area (Å²) in [6.07, 6.45) is 0. The maximum Gasteiger partial charge on any atom is 0.342 e. The molecule has 2 N–H and O–H groups in total.